The van der Waals surface area contributed by atoms with E-state index in [0.29, 0.717) is 16.9 Å². The number of benzene rings is 2. The minimum Gasteiger partial charge on any atom is -0.431 e. The Labute approximate surface area is 153 Å². The number of hydrogen-bond donors (Lipinski definition) is 0. The van der Waals surface area contributed by atoms with Gasteiger partial charge < -0.3 is 14.0 Å². The van der Waals surface area contributed by atoms with Crippen molar-refractivity contribution < 1.29 is 14.0 Å². The van der Waals surface area contributed by atoms with Crippen molar-refractivity contribution in [1.29, 1.82) is 0 Å². The number of nitrogens with zero attached hydrogens (tertiary/aromatic N) is 3. The molecule has 2 aromatic carbocycles. The molecule has 0 spiro atoms. The smallest absolute Gasteiger partial charge is 0.279 e. The Morgan fingerprint density at radius 1 is 1.04 bits per heavy atom. The second-order valence-corrected chi connectivity index (χ2v) is 7.03. The molecule has 1 fully saturated rings. The maximum Gasteiger partial charge on any atom is 0.279 e. The van der Waals surface area contributed by atoms with Gasteiger partial charge in [-0.2, -0.15) is 4.98 Å². The van der Waals surface area contributed by atoms with E-state index in [2.05, 4.69) is 15.1 Å². The third kappa shape index (κ3) is 2.95. The summed E-state index contributed by atoms with van der Waals surface area (Å²) >= 11 is 1.52. The molecular formula is C19H15N3O3S. The van der Waals surface area contributed by atoms with E-state index < -0.39 is 0 Å². The molecule has 5 rings (SSSR count). The fraction of sp³-hybridized carbons (Fsp3) is 0.211. The van der Waals surface area contributed by atoms with Crippen LogP contribution in [0.5, 0.6) is 10.9 Å². The van der Waals surface area contributed by atoms with Crippen LogP contribution < -0.4 is 4.74 Å². The average molecular weight is 365 g/mol. The highest BCUT2D eigenvalue weighted by Gasteiger charge is 2.24. The van der Waals surface area contributed by atoms with Gasteiger partial charge in [-0.15, -0.1) is 0 Å². The van der Waals surface area contributed by atoms with Gasteiger partial charge in [0.15, 0.2) is 0 Å². The van der Waals surface area contributed by atoms with E-state index in [1.54, 1.807) is 0 Å². The SMILES string of the molecule is c1ccc2sc(Oc3ccc(-c4noc(C5CCCO5)n4)cc3)nc2c1. The molecular weight excluding hydrogens is 350 g/mol. The molecule has 1 saturated heterocycles. The van der Waals surface area contributed by atoms with Crippen molar-refractivity contribution in [2.45, 2.75) is 18.9 Å². The average Bonchev–Trinajstić information content (AvgIpc) is 3.41. The van der Waals surface area contributed by atoms with Crippen LogP contribution in [-0.4, -0.2) is 21.7 Å². The van der Waals surface area contributed by atoms with Crippen molar-refractivity contribution in [2.75, 3.05) is 6.61 Å². The fourth-order valence-corrected chi connectivity index (χ4v) is 3.76. The Kier molecular flexibility index (Phi) is 3.88. The molecule has 0 aliphatic carbocycles. The van der Waals surface area contributed by atoms with E-state index in [0.717, 1.165) is 41.0 Å². The Balaban J connectivity index is 1.33. The molecule has 130 valence electrons. The van der Waals surface area contributed by atoms with Crippen LogP contribution in [0.4, 0.5) is 0 Å². The predicted molar refractivity (Wildman–Crippen MR) is 97.4 cm³/mol. The topological polar surface area (TPSA) is 70.3 Å². The van der Waals surface area contributed by atoms with E-state index in [-0.39, 0.29) is 6.10 Å². The summed E-state index contributed by atoms with van der Waals surface area (Å²) in [5.74, 6) is 1.82. The predicted octanol–water partition coefficient (Wildman–Crippen LogP) is 4.99. The molecule has 1 unspecified atom stereocenters. The van der Waals surface area contributed by atoms with Crippen LogP contribution in [0.1, 0.15) is 24.8 Å². The Morgan fingerprint density at radius 3 is 2.73 bits per heavy atom. The fourth-order valence-electron chi connectivity index (χ4n) is 2.92. The normalized spacial score (nSPS) is 17.0. The quantitative estimate of drug-likeness (QED) is 0.507. The maximum absolute atomic E-state index is 5.86. The molecule has 0 bridgehead atoms. The van der Waals surface area contributed by atoms with Gasteiger partial charge in [0.25, 0.3) is 11.1 Å². The van der Waals surface area contributed by atoms with Crippen molar-refractivity contribution in [3.63, 3.8) is 0 Å². The van der Waals surface area contributed by atoms with Gasteiger partial charge >= 0.3 is 0 Å². The highest BCUT2D eigenvalue weighted by atomic mass is 32.1. The van der Waals surface area contributed by atoms with Crippen molar-refractivity contribution in [3.8, 4) is 22.3 Å². The Morgan fingerprint density at radius 2 is 1.92 bits per heavy atom. The molecule has 26 heavy (non-hydrogen) atoms. The van der Waals surface area contributed by atoms with Crippen molar-refractivity contribution in [3.05, 3.63) is 54.4 Å². The van der Waals surface area contributed by atoms with Gasteiger partial charge in [-0.05, 0) is 49.2 Å². The lowest BCUT2D eigenvalue weighted by Gasteiger charge is -2.02. The van der Waals surface area contributed by atoms with E-state index >= 15 is 0 Å². The first-order chi connectivity index (χ1) is 12.8. The van der Waals surface area contributed by atoms with Crippen molar-refractivity contribution in [2.24, 2.45) is 0 Å². The van der Waals surface area contributed by atoms with Gasteiger partial charge in [-0.1, -0.05) is 28.6 Å². The number of hydrogen-bond acceptors (Lipinski definition) is 7. The van der Waals surface area contributed by atoms with Gasteiger partial charge in [0.1, 0.15) is 11.9 Å². The van der Waals surface area contributed by atoms with Crippen LogP contribution in [0, 0.1) is 0 Å². The van der Waals surface area contributed by atoms with Gasteiger partial charge in [0.05, 0.1) is 10.2 Å². The molecule has 1 atom stereocenters. The zero-order valence-electron chi connectivity index (χ0n) is 13.8. The number of ether oxygens (including phenoxy) is 2. The summed E-state index contributed by atoms with van der Waals surface area (Å²) in [5.41, 5.74) is 1.81. The van der Waals surface area contributed by atoms with Crippen LogP contribution in [0.15, 0.2) is 53.1 Å². The monoisotopic (exact) mass is 365 g/mol. The number of thiazole rings is 1. The van der Waals surface area contributed by atoms with Crippen LogP contribution in [-0.2, 0) is 4.74 Å². The van der Waals surface area contributed by atoms with Crippen LogP contribution >= 0.6 is 11.3 Å². The van der Waals surface area contributed by atoms with Gasteiger partial charge in [0.2, 0.25) is 5.82 Å². The molecule has 1 aliphatic rings. The molecule has 3 heterocycles. The number of aromatic nitrogens is 3. The molecule has 2 aromatic heterocycles. The first-order valence-electron chi connectivity index (χ1n) is 8.44. The second kappa shape index (κ2) is 6.51. The van der Waals surface area contributed by atoms with Gasteiger partial charge in [-0.3, -0.25) is 0 Å². The lowest BCUT2D eigenvalue weighted by Crippen LogP contribution is -1.95. The number of fused-ring (bicyclic) bond motifs is 1. The number of rotatable bonds is 4. The maximum atomic E-state index is 5.86. The van der Waals surface area contributed by atoms with Gasteiger partial charge in [0, 0.05) is 12.2 Å². The summed E-state index contributed by atoms with van der Waals surface area (Å²) in [6.45, 7) is 0.750. The third-order valence-electron chi connectivity index (χ3n) is 4.24. The third-order valence-corrected chi connectivity index (χ3v) is 5.15. The Hall–Kier alpha value is -2.77. The van der Waals surface area contributed by atoms with Crippen LogP contribution in [0.25, 0.3) is 21.6 Å². The lowest BCUT2D eigenvalue weighted by atomic mass is 10.2. The summed E-state index contributed by atoms with van der Waals surface area (Å²) in [6.07, 6.45) is 1.88. The molecule has 0 saturated carbocycles. The molecule has 0 radical (unpaired) electrons. The van der Waals surface area contributed by atoms with E-state index in [4.69, 9.17) is 14.0 Å². The first kappa shape index (κ1) is 15.5. The summed E-state index contributed by atoms with van der Waals surface area (Å²) in [7, 11) is 0. The summed E-state index contributed by atoms with van der Waals surface area (Å²) in [4.78, 5) is 8.93. The van der Waals surface area contributed by atoms with E-state index in [1.165, 1.54) is 11.3 Å². The minimum absolute atomic E-state index is 0.0714. The molecule has 4 aromatic rings. The summed E-state index contributed by atoms with van der Waals surface area (Å²) in [6, 6.07) is 15.5. The highest BCUT2D eigenvalue weighted by Crippen LogP contribution is 2.32. The zero-order valence-corrected chi connectivity index (χ0v) is 14.6. The van der Waals surface area contributed by atoms with E-state index in [9.17, 15) is 0 Å². The number of para-hydroxylation sites is 1. The first-order valence-corrected chi connectivity index (χ1v) is 9.26. The van der Waals surface area contributed by atoms with Gasteiger partial charge in [-0.25, -0.2) is 4.98 Å². The highest BCUT2D eigenvalue weighted by molar-refractivity contribution is 7.20. The molecule has 0 amide bonds. The molecule has 1 aliphatic heterocycles. The largest absolute Gasteiger partial charge is 0.431 e. The standard InChI is InChI=1S/C19H15N3O3S/c1-2-6-16-14(4-1)20-19(26-16)24-13-9-7-12(8-10-13)17-21-18(25-22-17)15-5-3-11-23-15/h1-2,4,6-10,15H,3,5,11H2. The Bertz CT molecular complexity index is 1000. The summed E-state index contributed by atoms with van der Waals surface area (Å²) in [5, 5.41) is 4.68. The lowest BCUT2D eigenvalue weighted by molar-refractivity contribution is 0.0835. The molecule has 6 nitrogen and oxygen atoms in total. The second-order valence-electron chi connectivity index (χ2n) is 6.03. The van der Waals surface area contributed by atoms with E-state index in [1.807, 2.05) is 48.5 Å². The van der Waals surface area contributed by atoms with Crippen LogP contribution in [0.3, 0.4) is 0 Å². The summed E-state index contributed by atoms with van der Waals surface area (Å²) < 4.78 is 17.9. The van der Waals surface area contributed by atoms with Crippen molar-refractivity contribution >= 4 is 21.6 Å². The van der Waals surface area contributed by atoms with Crippen LogP contribution in [0.2, 0.25) is 0 Å². The zero-order chi connectivity index (χ0) is 17.3. The minimum atomic E-state index is -0.0714. The molecule has 7 heteroatoms. The molecule has 0 N–H and O–H groups in total. The van der Waals surface area contributed by atoms with Crippen molar-refractivity contribution in [1.82, 2.24) is 15.1 Å².